The lowest BCUT2D eigenvalue weighted by atomic mass is 9.94. The Morgan fingerprint density at radius 1 is 1.12 bits per heavy atom. The molecule has 0 bridgehead atoms. The maximum Gasteiger partial charge on any atom is 0.257 e. The molecule has 0 spiro atoms. The number of amides is 2. The number of piperidine rings is 1. The van der Waals surface area contributed by atoms with Crippen molar-refractivity contribution in [1.29, 1.82) is 0 Å². The van der Waals surface area contributed by atoms with Gasteiger partial charge in [0.1, 0.15) is 4.83 Å². The summed E-state index contributed by atoms with van der Waals surface area (Å²) in [7, 11) is 0. The molecule has 8 nitrogen and oxygen atoms in total. The minimum atomic E-state index is -0.0932. The topological polar surface area (TPSA) is 87.7 Å². The SMILES string of the molecule is Cc1nsc2ncc(C(=O)N3CCOCC3)c(N3CCC(C(=O)Nc4ccc(Cl)cc4)CC3)c12. The van der Waals surface area contributed by atoms with Crippen molar-refractivity contribution in [3.05, 3.63) is 46.7 Å². The van der Waals surface area contributed by atoms with Crippen LogP contribution in [0.2, 0.25) is 5.02 Å². The highest BCUT2D eigenvalue weighted by Crippen LogP contribution is 2.37. The van der Waals surface area contributed by atoms with Crippen molar-refractivity contribution in [2.24, 2.45) is 5.92 Å². The predicted octanol–water partition coefficient (Wildman–Crippen LogP) is 3.98. The molecule has 4 heterocycles. The van der Waals surface area contributed by atoms with Gasteiger partial charge in [-0.15, -0.1) is 0 Å². The van der Waals surface area contributed by atoms with Crippen LogP contribution in [0.3, 0.4) is 0 Å². The summed E-state index contributed by atoms with van der Waals surface area (Å²) in [5.74, 6) is -0.106. The fourth-order valence-corrected chi connectivity index (χ4v) is 5.48. The van der Waals surface area contributed by atoms with Crippen molar-refractivity contribution in [3.63, 3.8) is 0 Å². The summed E-state index contributed by atoms with van der Waals surface area (Å²) in [6.45, 7) is 5.55. The molecule has 34 heavy (non-hydrogen) atoms. The molecule has 0 unspecified atom stereocenters. The number of aryl methyl sites for hydroxylation is 1. The summed E-state index contributed by atoms with van der Waals surface area (Å²) in [6, 6.07) is 7.13. The first kappa shape index (κ1) is 23.0. The van der Waals surface area contributed by atoms with Crippen molar-refractivity contribution in [1.82, 2.24) is 14.3 Å². The van der Waals surface area contributed by atoms with E-state index in [1.165, 1.54) is 11.5 Å². The molecule has 0 saturated carbocycles. The Hall–Kier alpha value is -2.75. The van der Waals surface area contributed by atoms with E-state index in [1.807, 2.05) is 11.8 Å². The molecule has 2 amide bonds. The average Bonchev–Trinajstić information content (AvgIpc) is 3.26. The smallest absolute Gasteiger partial charge is 0.257 e. The van der Waals surface area contributed by atoms with Crippen molar-refractivity contribution in [2.45, 2.75) is 19.8 Å². The molecule has 2 aliphatic rings. The molecular weight excluding hydrogens is 474 g/mol. The van der Waals surface area contributed by atoms with Crippen LogP contribution in [0.4, 0.5) is 11.4 Å². The molecule has 178 valence electrons. The van der Waals surface area contributed by atoms with Crippen molar-refractivity contribution >= 4 is 56.5 Å². The van der Waals surface area contributed by atoms with Crippen LogP contribution in [0, 0.1) is 12.8 Å². The van der Waals surface area contributed by atoms with Crippen LogP contribution < -0.4 is 10.2 Å². The van der Waals surface area contributed by atoms with Gasteiger partial charge in [0.2, 0.25) is 5.91 Å². The molecular formula is C24H26ClN5O3S. The van der Waals surface area contributed by atoms with Crippen LogP contribution in [0.5, 0.6) is 0 Å². The maximum atomic E-state index is 13.5. The lowest BCUT2D eigenvalue weighted by molar-refractivity contribution is -0.120. The third kappa shape index (κ3) is 4.60. The fraction of sp³-hybridized carbons (Fsp3) is 0.417. The zero-order valence-electron chi connectivity index (χ0n) is 18.9. The third-order valence-corrected chi connectivity index (χ3v) is 7.57. The van der Waals surface area contributed by atoms with Gasteiger partial charge in [-0.2, -0.15) is 4.37 Å². The second-order valence-corrected chi connectivity index (χ2v) is 9.82. The van der Waals surface area contributed by atoms with E-state index in [0.717, 1.165) is 27.3 Å². The molecule has 1 aromatic carbocycles. The minimum absolute atomic E-state index is 0.0137. The van der Waals surface area contributed by atoms with Gasteiger partial charge in [-0.25, -0.2) is 4.98 Å². The number of carbonyl (C=O) groups excluding carboxylic acids is 2. The van der Waals surface area contributed by atoms with E-state index in [0.29, 0.717) is 62.8 Å². The van der Waals surface area contributed by atoms with Gasteiger partial charge in [0.15, 0.2) is 0 Å². The Balaban J connectivity index is 1.36. The quantitative estimate of drug-likeness (QED) is 0.584. The van der Waals surface area contributed by atoms with Gasteiger partial charge in [-0.1, -0.05) is 11.6 Å². The summed E-state index contributed by atoms with van der Waals surface area (Å²) < 4.78 is 9.91. The Bertz CT molecular complexity index is 1200. The van der Waals surface area contributed by atoms with Gasteiger partial charge >= 0.3 is 0 Å². The van der Waals surface area contributed by atoms with Crippen molar-refractivity contribution in [2.75, 3.05) is 49.6 Å². The summed E-state index contributed by atoms with van der Waals surface area (Å²) >= 11 is 7.29. The number of nitrogens with zero attached hydrogens (tertiary/aromatic N) is 4. The number of carbonyl (C=O) groups is 2. The normalized spacial score (nSPS) is 17.2. The zero-order chi connectivity index (χ0) is 23.7. The van der Waals surface area contributed by atoms with Gasteiger partial charge in [-0.05, 0) is 55.6 Å². The minimum Gasteiger partial charge on any atom is -0.378 e. The maximum absolute atomic E-state index is 13.5. The van der Waals surface area contributed by atoms with Crippen molar-refractivity contribution in [3.8, 4) is 0 Å². The first-order valence-corrected chi connectivity index (χ1v) is 12.6. The van der Waals surface area contributed by atoms with E-state index < -0.39 is 0 Å². The lowest BCUT2D eigenvalue weighted by Gasteiger charge is -2.35. The van der Waals surface area contributed by atoms with Crippen LogP contribution in [-0.2, 0) is 9.53 Å². The van der Waals surface area contributed by atoms with Crippen molar-refractivity contribution < 1.29 is 14.3 Å². The highest BCUT2D eigenvalue weighted by Gasteiger charge is 2.31. The van der Waals surface area contributed by atoms with Crippen LogP contribution >= 0.6 is 23.1 Å². The van der Waals surface area contributed by atoms with E-state index in [2.05, 4.69) is 19.6 Å². The number of nitrogens with one attached hydrogen (secondary N) is 1. The molecule has 5 rings (SSSR count). The van der Waals surface area contributed by atoms with Crippen LogP contribution in [0.25, 0.3) is 10.2 Å². The van der Waals surface area contributed by atoms with E-state index in [1.54, 1.807) is 30.5 Å². The Morgan fingerprint density at radius 3 is 2.53 bits per heavy atom. The number of aromatic nitrogens is 2. The molecule has 1 N–H and O–H groups in total. The van der Waals surface area contributed by atoms with Crippen LogP contribution in [0.15, 0.2) is 30.5 Å². The summed E-state index contributed by atoms with van der Waals surface area (Å²) in [5.41, 5.74) is 3.11. The highest BCUT2D eigenvalue weighted by molar-refractivity contribution is 7.13. The van der Waals surface area contributed by atoms with E-state index >= 15 is 0 Å². The standard InChI is InChI=1S/C24H26ClN5O3S/c1-15-20-21(19(14-26-23(20)34-28-15)24(32)30-10-12-33-13-11-30)29-8-6-16(7-9-29)22(31)27-18-4-2-17(25)3-5-18/h2-5,14,16H,6-13H2,1H3,(H,27,31). The monoisotopic (exact) mass is 499 g/mol. The first-order valence-electron chi connectivity index (χ1n) is 11.4. The molecule has 3 aromatic rings. The molecule has 2 fully saturated rings. The second kappa shape index (κ2) is 9.85. The predicted molar refractivity (Wildman–Crippen MR) is 134 cm³/mol. The number of fused-ring (bicyclic) bond motifs is 1. The molecule has 0 radical (unpaired) electrons. The lowest BCUT2D eigenvalue weighted by Crippen LogP contribution is -2.42. The molecule has 2 aromatic heterocycles. The Kier molecular flexibility index (Phi) is 6.67. The Morgan fingerprint density at radius 2 is 1.82 bits per heavy atom. The molecule has 2 saturated heterocycles. The second-order valence-electron chi connectivity index (χ2n) is 8.63. The number of pyridine rings is 1. The number of benzene rings is 1. The van der Waals surface area contributed by atoms with E-state index in [-0.39, 0.29) is 17.7 Å². The zero-order valence-corrected chi connectivity index (χ0v) is 20.5. The number of hydrogen-bond donors (Lipinski definition) is 1. The summed E-state index contributed by atoms with van der Waals surface area (Å²) in [6.07, 6.45) is 3.09. The van der Waals surface area contributed by atoms with E-state index in [9.17, 15) is 9.59 Å². The van der Waals surface area contributed by atoms with E-state index in [4.69, 9.17) is 16.3 Å². The van der Waals surface area contributed by atoms with Crippen LogP contribution in [0.1, 0.15) is 28.9 Å². The molecule has 0 aliphatic carbocycles. The average molecular weight is 500 g/mol. The number of rotatable bonds is 4. The third-order valence-electron chi connectivity index (χ3n) is 6.47. The number of halogens is 1. The van der Waals surface area contributed by atoms with Crippen LogP contribution in [-0.4, -0.2) is 65.5 Å². The highest BCUT2D eigenvalue weighted by atomic mass is 35.5. The van der Waals surface area contributed by atoms with Gasteiger partial charge in [0, 0.05) is 49.0 Å². The Labute approximate surface area is 207 Å². The number of anilines is 2. The summed E-state index contributed by atoms with van der Waals surface area (Å²) in [4.78, 5) is 35.7. The largest absolute Gasteiger partial charge is 0.378 e. The molecule has 10 heteroatoms. The number of morpholine rings is 1. The first-order chi connectivity index (χ1) is 16.5. The summed E-state index contributed by atoms with van der Waals surface area (Å²) in [5, 5.41) is 4.57. The van der Waals surface area contributed by atoms with Gasteiger partial charge in [0.05, 0.1) is 35.5 Å². The number of hydrogen-bond acceptors (Lipinski definition) is 7. The molecule has 0 atom stereocenters. The van der Waals surface area contributed by atoms with Gasteiger partial charge in [-0.3, -0.25) is 9.59 Å². The molecule has 2 aliphatic heterocycles. The number of ether oxygens (including phenoxy) is 1. The fourth-order valence-electron chi connectivity index (χ4n) is 4.60. The van der Waals surface area contributed by atoms with Gasteiger partial charge < -0.3 is 19.9 Å². The van der Waals surface area contributed by atoms with Gasteiger partial charge in [0.25, 0.3) is 5.91 Å².